The molecule has 78 valence electrons. The van der Waals surface area contributed by atoms with Gasteiger partial charge in [-0.2, -0.15) is 0 Å². The summed E-state index contributed by atoms with van der Waals surface area (Å²) in [6.07, 6.45) is 0.873. The standard InChI is InChI=1S/C9H15N3O2/c1-6-8(13)12(9(14)11(6)2)7-3-4-10-5-7/h6-7,10H,3-5H2,1-2H3. The highest BCUT2D eigenvalue weighted by molar-refractivity contribution is 6.04. The van der Waals surface area contributed by atoms with Crippen molar-refractivity contribution in [1.82, 2.24) is 15.1 Å². The number of amides is 3. The summed E-state index contributed by atoms with van der Waals surface area (Å²) in [5, 5.41) is 3.16. The molecule has 2 aliphatic heterocycles. The van der Waals surface area contributed by atoms with Gasteiger partial charge in [-0.1, -0.05) is 0 Å². The Morgan fingerprint density at radius 3 is 2.57 bits per heavy atom. The fourth-order valence-corrected chi connectivity index (χ4v) is 1.99. The summed E-state index contributed by atoms with van der Waals surface area (Å²) in [7, 11) is 1.67. The van der Waals surface area contributed by atoms with E-state index in [4.69, 9.17) is 0 Å². The van der Waals surface area contributed by atoms with Crippen molar-refractivity contribution >= 4 is 11.9 Å². The summed E-state index contributed by atoms with van der Waals surface area (Å²) in [5.74, 6) is -0.0637. The molecule has 0 bridgehead atoms. The van der Waals surface area contributed by atoms with Crippen LogP contribution in [-0.4, -0.2) is 54.0 Å². The maximum Gasteiger partial charge on any atom is 0.327 e. The Labute approximate surface area is 83.0 Å². The predicted octanol–water partition coefficient (Wildman–Crippen LogP) is -0.369. The first-order chi connectivity index (χ1) is 6.63. The number of nitrogens with one attached hydrogen (secondary N) is 1. The van der Waals surface area contributed by atoms with Gasteiger partial charge in [-0.05, 0) is 19.9 Å². The van der Waals surface area contributed by atoms with Crippen LogP contribution in [0.5, 0.6) is 0 Å². The van der Waals surface area contributed by atoms with Crippen LogP contribution < -0.4 is 5.32 Å². The molecule has 0 radical (unpaired) electrons. The zero-order chi connectivity index (χ0) is 10.3. The van der Waals surface area contributed by atoms with Gasteiger partial charge in [0.1, 0.15) is 6.04 Å². The largest absolute Gasteiger partial charge is 0.327 e. The summed E-state index contributed by atoms with van der Waals surface area (Å²) >= 11 is 0. The van der Waals surface area contributed by atoms with Gasteiger partial charge in [0.15, 0.2) is 0 Å². The lowest BCUT2D eigenvalue weighted by Crippen LogP contribution is -2.42. The van der Waals surface area contributed by atoms with Crippen molar-refractivity contribution in [3.05, 3.63) is 0 Å². The lowest BCUT2D eigenvalue weighted by molar-refractivity contribution is -0.129. The number of carbonyl (C=O) groups excluding carboxylic acids is 2. The van der Waals surface area contributed by atoms with Crippen LogP contribution in [0.1, 0.15) is 13.3 Å². The number of likely N-dealkylation sites (N-methyl/N-ethyl adjacent to an activating group) is 1. The molecule has 5 nitrogen and oxygen atoms in total. The van der Waals surface area contributed by atoms with Crippen LogP contribution in [0, 0.1) is 0 Å². The van der Waals surface area contributed by atoms with Gasteiger partial charge in [-0.25, -0.2) is 4.79 Å². The Balaban J connectivity index is 2.18. The van der Waals surface area contributed by atoms with E-state index in [0.29, 0.717) is 0 Å². The van der Waals surface area contributed by atoms with E-state index in [9.17, 15) is 9.59 Å². The van der Waals surface area contributed by atoms with Crippen LogP contribution in [0.15, 0.2) is 0 Å². The molecule has 0 aromatic heterocycles. The Hall–Kier alpha value is -1.10. The molecule has 2 fully saturated rings. The van der Waals surface area contributed by atoms with Gasteiger partial charge in [0.05, 0.1) is 6.04 Å². The van der Waals surface area contributed by atoms with Crippen molar-refractivity contribution in [2.45, 2.75) is 25.4 Å². The molecule has 2 atom stereocenters. The lowest BCUT2D eigenvalue weighted by atomic mass is 10.2. The van der Waals surface area contributed by atoms with Gasteiger partial charge in [-0.15, -0.1) is 0 Å². The molecule has 2 unspecified atom stereocenters. The Morgan fingerprint density at radius 2 is 2.14 bits per heavy atom. The molecular weight excluding hydrogens is 182 g/mol. The molecule has 0 aromatic carbocycles. The monoisotopic (exact) mass is 197 g/mol. The van der Waals surface area contributed by atoms with Crippen molar-refractivity contribution in [2.24, 2.45) is 0 Å². The lowest BCUT2D eigenvalue weighted by Gasteiger charge is -2.20. The quantitative estimate of drug-likeness (QED) is 0.584. The summed E-state index contributed by atoms with van der Waals surface area (Å²) in [5.41, 5.74) is 0. The van der Waals surface area contributed by atoms with E-state index < -0.39 is 0 Å². The van der Waals surface area contributed by atoms with E-state index in [2.05, 4.69) is 5.32 Å². The molecule has 14 heavy (non-hydrogen) atoms. The second-order valence-corrected chi connectivity index (χ2v) is 3.92. The summed E-state index contributed by atoms with van der Waals surface area (Å²) in [6.45, 7) is 3.39. The van der Waals surface area contributed by atoms with Crippen LogP contribution in [0.25, 0.3) is 0 Å². The third kappa shape index (κ3) is 1.19. The number of carbonyl (C=O) groups is 2. The van der Waals surface area contributed by atoms with Gasteiger partial charge >= 0.3 is 6.03 Å². The SMILES string of the molecule is CC1C(=O)N(C2CCNC2)C(=O)N1C. The third-order valence-electron chi connectivity index (χ3n) is 3.08. The molecule has 0 spiro atoms. The minimum Gasteiger partial charge on any atom is -0.316 e. The second-order valence-electron chi connectivity index (χ2n) is 3.92. The highest BCUT2D eigenvalue weighted by atomic mass is 16.2. The Bertz CT molecular complexity index is 253. The molecule has 2 rings (SSSR count). The maximum absolute atomic E-state index is 11.7. The van der Waals surface area contributed by atoms with Gasteiger partial charge in [0.25, 0.3) is 5.91 Å². The van der Waals surface area contributed by atoms with E-state index >= 15 is 0 Å². The zero-order valence-electron chi connectivity index (χ0n) is 8.49. The molecule has 5 heteroatoms. The molecule has 0 aliphatic carbocycles. The average Bonchev–Trinajstić information content (AvgIpc) is 2.73. The molecule has 0 aromatic rings. The number of hydrogen-bond acceptors (Lipinski definition) is 3. The van der Waals surface area contributed by atoms with Gasteiger partial charge < -0.3 is 10.2 Å². The number of imide groups is 1. The Morgan fingerprint density at radius 1 is 1.43 bits per heavy atom. The highest BCUT2D eigenvalue weighted by Crippen LogP contribution is 2.20. The number of nitrogens with zero attached hydrogens (tertiary/aromatic N) is 2. The summed E-state index contributed by atoms with van der Waals surface area (Å²) in [6, 6.07) is -0.401. The second kappa shape index (κ2) is 3.24. The molecule has 2 heterocycles. The third-order valence-corrected chi connectivity index (χ3v) is 3.08. The van der Waals surface area contributed by atoms with E-state index in [0.717, 1.165) is 19.5 Å². The van der Waals surface area contributed by atoms with Crippen LogP contribution in [0.4, 0.5) is 4.79 Å². The Kier molecular flexibility index (Phi) is 2.19. The average molecular weight is 197 g/mol. The molecule has 3 amide bonds. The van der Waals surface area contributed by atoms with E-state index in [-0.39, 0.29) is 24.0 Å². The predicted molar refractivity (Wildman–Crippen MR) is 50.7 cm³/mol. The fourth-order valence-electron chi connectivity index (χ4n) is 1.99. The van der Waals surface area contributed by atoms with Crippen LogP contribution >= 0.6 is 0 Å². The first-order valence-corrected chi connectivity index (χ1v) is 4.93. The number of rotatable bonds is 1. The van der Waals surface area contributed by atoms with Crippen LogP contribution in [0.3, 0.4) is 0 Å². The van der Waals surface area contributed by atoms with E-state index in [1.54, 1.807) is 14.0 Å². The van der Waals surface area contributed by atoms with Gasteiger partial charge in [0, 0.05) is 13.6 Å². The van der Waals surface area contributed by atoms with Crippen LogP contribution in [-0.2, 0) is 4.79 Å². The minimum atomic E-state index is -0.303. The molecular formula is C9H15N3O2. The summed E-state index contributed by atoms with van der Waals surface area (Å²) < 4.78 is 0. The maximum atomic E-state index is 11.7. The van der Waals surface area contributed by atoms with Crippen molar-refractivity contribution in [2.75, 3.05) is 20.1 Å². The van der Waals surface area contributed by atoms with Crippen LogP contribution in [0.2, 0.25) is 0 Å². The fraction of sp³-hybridized carbons (Fsp3) is 0.778. The minimum absolute atomic E-state index is 0.0578. The summed E-state index contributed by atoms with van der Waals surface area (Å²) in [4.78, 5) is 26.4. The first-order valence-electron chi connectivity index (χ1n) is 4.93. The number of hydrogen-bond donors (Lipinski definition) is 1. The zero-order valence-corrected chi connectivity index (χ0v) is 8.49. The first kappa shape index (κ1) is 9.45. The van der Waals surface area contributed by atoms with Crippen molar-refractivity contribution < 1.29 is 9.59 Å². The highest BCUT2D eigenvalue weighted by Gasteiger charge is 2.44. The smallest absolute Gasteiger partial charge is 0.316 e. The molecule has 1 N–H and O–H groups in total. The van der Waals surface area contributed by atoms with Gasteiger partial charge in [-0.3, -0.25) is 9.69 Å². The van der Waals surface area contributed by atoms with Crippen molar-refractivity contribution in [3.63, 3.8) is 0 Å². The molecule has 0 saturated carbocycles. The molecule has 2 saturated heterocycles. The van der Waals surface area contributed by atoms with E-state index in [1.165, 1.54) is 9.80 Å². The molecule has 2 aliphatic rings. The van der Waals surface area contributed by atoms with Crippen molar-refractivity contribution in [3.8, 4) is 0 Å². The van der Waals surface area contributed by atoms with E-state index in [1.807, 2.05) is 0 Å². The number of urea groups is 1. The van der Waals surface area contributed by atoms with Crippen molar-refractivity contribution in [1.29, 1.82) is 0 Å². The normalized spacial score (nSPS) is 33.3. The topological polar surface area (TPSA) is 52.7 Å². The van der Waals surface area contributed by atoms with Gasteiger partial charge in [0.2, 0.25) is 0 Å².